The molecule has 0 radical (unpaired) electrons. The molecule has 0 spiro atoms. The molecule has 0 bridgehead atoms. The summed E-state index contributed by atoms with van der Waals surface area (Å²) in [4.78, 5) is 8.68. The molecule has 7 nitrogen and oxygen atoms in total. The van der Waals surface area contributed by atoms with Crippen molar-refractivity contribution < 1.29 is 9.26 Å². The predicted molar refractivity (Wildman–Crippen MR) is 88.3 cm³/mol. The van der Waals surface area contributed by atoms with E-state index < -0.39 is 0 Å². The molecule has 3 aromatic heterocycles. The molecular formula is C17H19N5O2. The zero-order valence-corrected chi connectivity index (χ0v) is 13.7. The van der Waals surface area contributed by atoms with Crippen molar-refractivity contribution in [2.45, 2.75) is 51.9 Å². The number of nitrogens with two attached hydrogens (primary N) is 1. The molecule has 7 heteroatoms. The number of hydrogen-bond acceptors (Lipinski definition) is 6. The lowest BCUT2D eigenvalue weighted by molar-refractivity contribution is 0.103. The summed E-state index contributed by atoms with van der Waals surface area (Å²) in [5, 5.41) is 5.25. The smallest absolute Gasteiger partial charge is 0.146 e. The number of fused-ring (bicyclic) bond motifs is 5. The number of hydrogen-bond donors (Lipinski definition) is 1. The van der Waals surface area contributed by atoms with Gasteiger partial charge in [0.25, 0.3) is 0 Å². The third kappa shape index (κ3) is 1.78. The minimum absolute atomic E-state index is 0.227. The summed E-state index contributed by atoms with van der Waals surface area (Å²) in [5.41, 5.74) is 11.0. The van der Waals surface area contributed by atoms with Crippen LogP contribution in [0.15, 0.2) is 10.9 Å². The molecule has 1 aliphatic carbocycles. The number of nitrogens with zero attached hydrogens (tertiary/aromatic N) is 4. The largest absolute Gasteiger partial charge is 0.383 e. The van der Waals surface area contributed by atoms with Crippen molar-refractivity contribution >= 4 is 16.9 Å². The maximum atomic E-state index is 6.22. The second-order valence-corrected chi connectivity index (χ2v) is 6.88. The van der Waals surface area contributed by atoms with Gasteiger partial charge in [-0.05, 0) is 26.7 Å². The molecule has 2 aliphatic rings. The fourth-order valence-corrected chi connectivity index (χ4v) is 3.73. The first-order chi connectivity index (χ1) is 11.7. The Labute approximate surface area is 138 Å². The van der Waals surface area contributed by atoms with Crippen molar-refractivity contribution in [3.05, 3.63) is 23.3 Å². The minimum atomic E-state index is 0.227. The van der Waals surface area contributed by atoms with Crippen LogP contribution in [0.5, 0.6) is 0 Å². The Morgan fingerprint density at radius 1 is 1.25 bits per heavy atom. The van der Waals surface area contributed by atoms with Crippen molar-refractivity contribution in [2.24, 2.45) is 0 Å². The summed E-state index contributed by atoms with van der Waals surface area (Å²) in [5.74, 6) is 1.93. The summed E-state index contributed by atoms with van der Waals surface area (Å²) in [7, 11) is 0. The van der Waals surface area contributed by atoms with Gasteiger partial charge in [-0.1, -0.05) is 5.16 Å². The lowest BCUT2D eigenvalue weighted by Crippen LogP contribution is -2.07. The van der Waals surface area contributed by atoms with Crippen molar-refractivity contribution in [1.82, 2.24) is 19.7 Å². The molecule has 1 fully saturated rings. The second-order valence-electron chi connectivity index (χ2n) is 6.88. The number of rotatable bonds is 2. The van der Waals surface area contributed by atoms with Gasteiger partial charge in [0.15, 0.2) is 0 Å². The SMILES string of the molecule is CC(C)n1c2c(c3c(N)ncnc31)-c1noc(C3CC3)c1COC2. The zero-order valence-electron chi connectivity index (χ0n) is 13.7. The van der Waals surface area contributed by atoms with Gasteiger partial charge in [-0.3, -0.25) is 0 Å². The molecular weight excluding hydrogens is 306 g/mol. The molecule has 1 saturated carbocycles. The van der Waals surface area contributed by atoms with E-state index in [1.54, 1.807) is 0 Å². The second kappa shape index (κ2) is 4.80. The first-order valence-corrected chi connectivity index (χ1v) is 8.36. The molecule has 124 valence electrons. The Kier molecular flexibility index (Phi) is 2.79. The quantitative estimate of drug-likeness (QED) is 0.778. The van der Waals surface area contributed by atoms with Crippen LogP contribution in [0.1, 0.15) is 55.7 Å². The molecule has 0 aromatic carbocycles. The highest BCUT2D eigenvalue weighted by atomic mass is 16.5. The Morgan fingerprint density at radius 3 is 2.83 bits per heavy atom. The molecule has 24 heavy (non-hydrogen) atoms. The Balaban J connectivity index is 1.88. The van der Waals surface area contributed by atoms with Crippen molar-refractivity contribution in [2.75, 3.05) is 5.73 Å². The van der Waals surface area contributed by atoms with Crippen molar-refractivity contribution in [1.29, 1.82) is 0 Å². The van der Waals surface area contributed by atoms with Crippen molar-refractivity contribution in [3.63, 3.8) is 0 Å². The summed E-state index contributed by atoms with van der Waals surface area (Å²) < 4.78 is 13.8. The number of anilines is 1. The summed E-state index contributed by atoms with van der Waals surface area (Å²) in [6.07, 6.45) is 3.83. The van der Waals surface area contributed by atoms with Crippen LogP contribution in [0.4, 0.5) is 5.82 Å². The van der Waals surface area contributed by atoms with Crippen LogP contribution in [-0.4, -0.2) is 19.7 Å². The normalized spacial score (nSPS) is 17.1. The average molecular weight is 325 g/mol. The fourth-order valence-electron chi connectivity index (χ4n) is 3.73. The number of ether oxygens (including phenoxy) is 1. The minimum Gasteiger partial charge on any atom is -0.383 e. The Bertz CT molecular complexity index is 952. The van der Waals surface area contributed by atoms with E-state index in [-0.39, 0.29) is 6.04 Å². The van der Waals surface area contributed by atoms with E-state index in [0.717, 1.165) is 52.2 Å². The van der Waals surface area contributed by atoms with Crippen LogP contribution in [-0.2, 0) is 18.0 Å². The summed E-state index contributed by atoms with van der Waals surface area (Å²) >= 11 is 0. The third-order valence-corrected chi connectivity index (χ3v) is 4.92. The molecule has 4 heterocycles. The van der Waals surface area contributed by atoms with Crippen LogP contribution in [0.2, 0.25) is 0 Å². The summed E-state index contributed by atoms with van der Waals surface area (Å²) in [6.45, 7) is 5.28. The lowest BCUT2D eigenvalue weighted by atomic mass is 10.0. The van der Waals surface area contributed by atoms with Gasteiger partial charge in [0.2, 0.25) is 0 Å². The summed E-state index contributed by atoms with van der Waals surface area (Å²) in [6, 6.07) is 0.227. The molecule has 3 aromatic rings. The van der Waals surface area contributed by atoms with Gasteiger partial charge in [0, 0.05) is 23.1 Å². The standard InChI is InChI=1S/C17H19N5O2/c1-8(2)22-11-6-23-5-10-14(21-24-15(10)9-3-4-9)12(11)13-16(18)19-7-20-17(13)22/h7-9H,3-6H2,1-2H3,(H2,18,19,20). The van der Waals surface area contributed by atoms with E-state index in [9.17, 15) is 0 Å². The highest BCUT2D eigenvalue weighted by Crippen LogP contribution is 2.47. The highest BCUT2D eigenvalue weighted by molar-refractivity contribution is 6.02. The van der Waals surface area contributed by atoms with E-state index in [2.05, 4.69) is 33.5 Å². The van der Waals surface area contributed by atoms with E-state index >= 15 is 0 Å². The van der Waals surface area contributed by atoms with Crippen LogP contribution in [0, 0.1) is 0 Å². The molecule has 2 N–H and O–H groups in total. The first kappa shape index (κ1) is 14.0. The van der Waals surface area contributed by atoms with Gasteiger partial charge in [-0.2, -0.15) is 0 Å². The number of aromatic nitrogens is 4. The van der Waals surface area contributed by atoms with Gasteiger partial charge in [-0.15, -0.1) is 0 Å². The first-order valence-electron chi connectivity index (χ1n) is 8.36. The molecule has 1 aliphatic heterocycles. The lowest BCUT2D eigenvalue weighted by Gasteiger charge is -2.13. The maximum Gasteiger partial charge on any atom is 0.146 e. The van der Waals surface area contributed by atoms with Gasteiger partial charge in [-0.25, -0.2) is 9.97 Å². The zero-order chi connectivity index (χ0) is 16.4. The van der Waals surface area contributed by atoms with E-state index in [4.69, 9.17) is 15.0 Å². The van der Waals surface area contributed by atoms with Crippen LogP contribution < -0.4 is 5.73 Å². The fraction of sp³-hybridized carbons (Fsp3) is 0.471. The molecule has 0 amide bonds. The third-order valence-electron chi connectivity index (χ3n) is 4.92. The molecule has 5 rings (SSSR count). The maximum absolute atomic E-state index is 6.22. The van der Waals surface area contributed by atoms with Gasteiger partial charge >= 0.3 is 0 Å². The van der Waals surface area contributed by atoms with Gasteiger partial charge in [0.05, 0.1) is 24.3 Å². The molecule has 0 atom stereocenters. The topological polar surface area (TPSA) is 92.0 Å². The van der Waals surface area contributed by atoms with Crippen molar-refractivity contribution in [3.8, 4) is 11.3 Å². The Morgan fingerprint density at radius 2 is 2.08 bits per heavy atom. The predicted octanol–water partition coefficient (Wildman–Crippen LogP) is 3.16. The van der Waals surface area contributed by atoms with Gasteiger partial charge in [0.1, 0.15) is 29.2 Å². The monoisotopic (exact) mass is 325 g/mol. The Hall–Kier alpha value is -2.41. The highest BCUT2D eigenvalue weighted by Gasteiger charge is 2.36. The van der Waals surface area contributed by atoms with Crippen LogP contribution in [0.25, 0.3) is 22.3 Å². The van der Waals surface area contributed by atoms with Gasteiger partial charge < -0.3 is 19.6 Å². The molecule has 0 unspecified atom stereocenters. The molecule has 0 saturated heterocycles. The van der Waals surface area contributed by atoms with E-state index in [1.807, 2.05) is 0 Å². The van der Waals surface area contributed by atoms with Crippen LogP contribution >= 0.6 is 0 Å². The van der Waals surface area contributed by atoms with E-state index in [1.165, 1.54) is 6.33 Å². The average Bonchev–Trinajstić information content (AvgIpc) is 3.26. The van der Waals surface area contributed by atoms with E-state index in [0.29, 0.717) is 24.9 Å². The van der Waals surface area contributed by atoms with Crippen LogP contribution in [0.3, 0.4) is 0 Å². The number of nitrogen functional groups attached to an aromatic ring is 1.